The molecule has 0 N–H and O–H groups in total. The molecule has 6 heteroatoms. The molecule has 0 aliphatic heterocycles. The van der Waals surface area contributed by atoms with E-state index in [4.69, 9.17) is 8.85 Å². The highest BCUT2D eigenvalue weighted by Crippen LogP contribution is 2.15. The van der Waals surface area contributed by atoms with E-state index in [1.807, 2.05) is 0 Å². The Balaban J connectivity index is 3.21. The monoisotopic (exact) mass is 514 g/mol. The summed E-state index contributed by atoms with van der Waals surface area (Å²) in [6.45, 7) is 12.4. The van der Waals surface area contributed by atoms with Gasteiger partial charge in [0.25, 0.3) is 11.9 Å². The largest absolute Gasteiger partial charge is 0.520 e. The molecule has 0 aromatic carbocycles. The molecule has 0 radical (unpaired) electrons. The van der Waals surface area contributed by atoms with Gasteiger partial charge in [-0.05, 0) is 52.1 Å². The van der Waals surface area contributed by atoms with Crippen LogP contribution < -0.4 is 0 Å². The third-order valence-corrected chi connectivity index (χ3v) is 7.53. The molecule has 34 heavy (non-hydrogen) atoms. The Labute approximate surface area is 214 Å². The zero-order valence-electron chi connectivity index (χ0n) is 23.8. The zero-order chi connectivity index (χ0) is 25.7. The number of rotatable bonds is 23. The van der Waals surface area contributed by atoms with Crippen LogP contribution in [0.15, 0.2) is 0 Å². The van der Waals surface area contributed by atoms with Crippen LogP contribution in [0.5, 0.6) is 0 Å². The number of carbonyl (C=O) groups excluding carboxylic acids is 2. The van der Waals surface area contributed by atoms with E-state index >= 15 is 0 Å². The molecule has 0 aliphatic rings. The molecular weight excluding hydrogens is 456 g/mol. The minimum Gasteiger partial charge on any atom is -0.520 e. The van der Waals surface area contributed by atoms with Gasteiger partial charge in [-0.1, -0.05) is 103 Å². The predicted molar refractivity (Wildman–Crippen MR) is 151 cm³/mol. The lowest BCUT2D eigenvalue weighted by atomic mass is 10.0. The predicted octanol–water partition coefficient (Wildman–Crippen LogP) is 9.54. The average molecular weight is 515 g/mol. The van der Waals surface area contributed by atoms with Crippen molar-refractivity contribution in [3.05, 3.63) is 0 Å². The van der Waals surface area contributed by atoms with Crippen molar-refractivity contribution in [2.75, 3.05) is 0 Å². The second-order valence-corrected chi connectivity index (χ2v) is 20.9. The lowest BCUT2D eigenvalue weighted by molar-refractivity contribution is -0.136. The van der Waals surface area contributed by atoms with Gasteiger partial charge in [0.15, 0.2) is 0 Å². The van der Waals surface area contributed by atoms with Crippen LogP contribution in [0.25, 0.3) is 0 Å². The molecule has 4 nitrogen and oxygen atoms in total. The van der Waals surface area contributed by atoms with Gasteiger partial charge in [0.05, 0.1) is 0 Å². The fraction of sp³-hybridized carbons (Fsp3) is 0.929. The normalized spacial score (nSPS) is 12.1. The second-order valence-electron chi connectivity index (χ2n) is 12.0. The van der Waals surface area contributed by atoms with Crippen molar-refractivity contribution >= 4 is 28.6 Å². The van der Waals surface area contributed by atoms with Crippen LogP contribution in [-0.2, 0) is 18.4 Å². The molecule has 0 fully saturated rings. The summed E-state index contributed by atoms with van der Waals surface area (Å²) in [6.07, 6.45) is 24.4. The SMILES string of the molecule is C[Si](C)(C)OC(=O)CCCCCCCCCCCCCCCCCCCCC(=O)O[Si](C)(C)C. The zero-order valence-corrected chi connectivity index (χ0v) is 25.8. The van der Waals surface area contributed by atoms with Crippen molar-refractivity contribution in [3.63, 3.8) is 0 Å². The van der Waals surface area contributed by atoms with Crippen LogP contribution in [0, 0.1) is 0 Å². The Bertz CT molecular complexity index is 464. The first-order chi connectivity index (χ1) is 16.0. The lowest BCUT2D eigenvalue weighted by Gasteiger charge is -2.17. The van der Waals surface area contributed by atoms with Gasteiger partial charge in [0, 0.05) is 12.8 Å². The van der Waals surface area contributed by atoms with Gasteiger partial charge in [0.1, 0.15) is 0 Å². The molecule has 202 valence electrons. The van der Waals surface area contributed by atoms with Crippen molar-refractivity contribution in [1.82, 2.24) is 0 Å². The Morgan fingerprint density at radius 2 is 0.559 bits per heavy atom. The lowest BCUT2D eigenvalue weighted by Crippen LogP contribution is -2.28. The smallest absolute Gasteiger partial charge is 0.292 e. The first-order valence-electron chi connectivity index (χ1n) is 14.4. The highest BCUT2D eigenvalue weighted by Gasteiger charge is 2.20. The van der Waals surface area contributed by atoms with Crippen molar-refractivity contribution < 1.29 is 18.4 Å². The Morgan fingerprint density at radius 3 is 0.735 bits per heavy atom. The Kier molecular flexibility index (Phi) is 20.2. The van der Waals surface area contributed by atoms with Crippen molar-refractivity contribution in [2.24, 2.45) is 0 Å². The first kappa shape index (κ1) is 33.4. The summed E-state index contributed by atoms with van der Waals surface area (Å²) < 4.78 is 11.0. The van der Waals surface area contributed by atoms with Crippen LogP contribution in [-0.4, -0.2) is 28.6 Å². The van der Waals surface area contributed by atoms with E-state index in [9.17, 15) is 9.59 Å². The third kappa shape index (κ3) is 27.6. The standard InChI is InChI=1S/C28H58O4Si2/c1-33(2,3)31-27(29)25-23-21-19-17-15-13-11-9-7-8-10-12-14-16-18-20-22-24-26-28(30)32-34(4,5)6/h7-26H2,1-6H3. The van der Waals surface area contributed by atoms with Crippen LogP contribution >= 0.6 is 0 Å². The number of hydrogen-bond acceptors (Lipinski definition) is 4. The van der Waals surface area contributed by atoms with E-state index in [0.29, 0.717) is 12.8 Å². The van der Waals surface area contributed by atoms with E-state index in [2.05, 4.69) is 39.3 Å². The molecule has 0 heterocycles. The van der Waals surface area contributed by atoms with Gasteiger partial charge < -0.3 is 8.85 Å². The van der Waals surface area contributed by atoms with Crippen LogP contribution in [0.3, 0.4) is 0 Å². The van der Waals surface area contributed by atoms with E-state index in [0.717, 1.165) is 25.7 Å². The summed E-state index contributed by atoms with van der Waals surface area (Å²) in [4.78, 5) is 23.4. The van der Waals surface area contributed by atoms with E-state index in [1.54, 1.807) is 0 Å². The van der Waals surface area contributed by atoms with Gasteiger partial charge in [-0.2, -0.15) is 0 Å². The highest BCUT2D eigenvalue weighted by atomic mass is 28.4. The van der Waals surface area contributed by atoms with Gasteiger partial charge in [0.2, 0.25) is 16.6 Å². The van der Waals surface area contributed by atoms with E-state index < -0.39 is 16.6 Å². The quantitative estimate of drug-likeness (QED) is 0.101. The van der Waals surface area contributed by atoms with Crippen LogP contribution in [0.4, 0.5) is 0 Å². The van der Waals surface area contributed by atoms with E-state index in [1.165, 1.54) is 89.9 Å². The number of unbranched alkanes of at least 4 members (excludes halogenated alkanes) is 17. The summed E-state index contributed by atoms with van der Waals surface area (Å²) in [5, 5.41) is 0. The fourth-order valence-corrected chi connectivity index (χ4v) is 5.72. The fourth-order valence-electron chi connectivity index (χ4n) is 4.15. The molecule has 0 rings (SSSR count). The first-order valence-corrected chi connectivity index (χ1v) is 21.2. The summed E-state index contributed by atoms with van der Waals surface area (Å²) >= 11 is 0. The minimum absolute atomic E-state index is 0.00680. The Hall–Kier alpha value is -0.626. The maximum Gasteiger partial charge on any atom is 0.292 e. The summed E-state index contributed by atoms with van der Waals surface area (Å²) in [6, 6.07) is 0. The number of carbonyl (C=O) groups is 2. The van der Waals surface area contributed by atoms with Gasteiger partial charge in [-0.15, -0.1) is 0 Å². The Morgan fingerprint density at radius 1 is 0.382 bits per heavy atom. The van der Waals surface area contributed by atoms with Gasteiger partial charge >= 0.3 is 0 Å². The van der Waals surface area contributed by atoms with Gasteiger partial charge in [-0.25, -0.2) is 0 Å². The molecule has 0 spiro atoms. The highest BCUT2D eigenvalue weighted by molar-refractivity contribution is 6.71. The van der Waals surface area contributed by atoms with Crippen LogP contribution in [0.1, 0.15) is 128 Å². The molecule has 0 atom stereocenters. The summed E-state index contributed by atoms with van der Waals surface area (Å²) in [5.74, 6) is 0.0136. The second kappa shape index (κ2) is 20.6. The van der Waals surface area contributed by atoms with Gasteiger partial charge in [-0.3, -0.25) is 9.59 Å². The minimum atomic E-state index is -1.70. The molecular formula is C28H58O4Si2. The molecule has 0 saturated heterocycles. The van der Waals surface area contributed by atoms with Crippen molar-refractivity contribution in [3.8, 4) is 0 Å². The molecule has 0 bridgehead atoms. The molecule has 0 saturated carbocycles. The molecule has 0 aliphatic carbocycles. The topological polar surface area (TPSA) is 52.6 Å². The summed E-state index contributed by atoms with van der Waals surface area (Å²) in [5.41, 5.74) is 0. The molecule has 0 amide bonds. The molecule has 0 unspecified atom stereocenters. The summed E-state index contributed by atoms with van der Waals surface area (Å²) in [7, 11) is -3.41. The van der Waals surface area contributed by atoms with Crippen molar-refractivity contribution in [2.45, 2.75) is 168 Å². The average Bonchev–Trinajstić information content (AvgIpc) is 2.69. The van der Waals surface area contributed by atoms with Crippen molar-refractivity contribution in [1.29, 1.82) is 0 Å². The maximum absolute atomic E-state index is 11.7. The molecule has 0 aromatic rings. The number of hydrogen-bond donors (Lipinski definition) is 0. The molecule has 0 aromatic heterocycles. The third-order valence-electron chi connectivity index (χ3n) is 5.85. The maximum atomic E-state index is 11.7. The van der Waals surface area contributed by atoms with Crippen LogP contribution in [0.2, 0.25) is 39.3 Å². The van der Waals surface area contributed by atoms with E-state index in [-0.39, 0.29) is 11.9 Å².